The number of aliphatic hydroxyl groups is 1. The summed E-state index contributed by atoms with van der Waals surface area (Å²) < 4.78 is 0. The van der Waals surface area contributed by atoms with Gasteiger partial charge in [0.05, 0.1) is 12.0 Å². The van der Waals surface area contributed by atoms with Crippen molar-refractivity contribution in [1.29, 1.82) is 0 Å². The van der Waals surface area contributed by atoms with E-state index in [4.69, 9.17) is 9.97 Å². The number of aryl methyl sites for hydroxylation is 2. The fourth-order valence-electron chi connectivity index (χ4n) is 4.15. The van der Waals surface area contributed by atoms with Crippen LogP contribution in [0.1, 0.15) is 67.1 Å². The third kappa shape index (κ3) is 2.44. The first-order valence-electron chi connectivity index (χ1n) is 9.55. The van der Waals surface area contributed by atoms with Gasteiger partial charge in [-0.3, -0.25) is 0 Å². The molecule has 2 heterocycles. The monoisotopic (exact) mass is 343 g/mol. The van der Waals surface area contributed by atoms with Crippen molar-refractivity contribution in [2.45, 2.75) is 69.7 Å². The molecule has 3 aliphatic carbocycles. The van der Waals surface area contributed by atoms with E-state index in [1.54, 1.807) is 0 Å². The van der Waals surface area contributed by atoms with Gasteiger partial charge < -0.3 is 10.0 Å². The molecule has 0 amide bonds. The van der Waals surface area contributed by atoms with Gasteiger partial charge in [-0.05, 0) is 63.4 Å². The van der Waals surface area contributed by atoms with Gasteiger partial charge in [0.1, 0.15) is 16.5 Å². The molecule has 0 aliphatic heterocycles. The zero-order valence-corrected chi connectivity index (χ0v) is 14.9. The molecule has 2 aromatic rings. The van der Waals surface area contributed by atoms with Crippen LogP contribution >= 0.6 is 11.3 Å². The summed E-state index contributed by atoms with van der Waals surface area (Å²) in [6, 6.07) is 0.557. The number of aliphatic hydroxyl groups excluding tert-OH is 1. The molecule has 0 unspecified atom stereocenters. The van der Waals surface area contributed by atoms with Crippen molar-refractivity contribution in [3.05, 3.63) is 16.3 Å². The molecular formula is C19H25N3OS. The maximum absolute atomic E-state index is 9.64. The lowest BCUT2D eigenvalue weighted by Gasteiger charge is -2.38. The van der Waals surface area contributed by atoms with Crippen molar-refractivity contribution < 1.29 is 5.11 Å². The molecule has 4 nitrogen and oxygen atoms in total. The molecule has 0 bridgehead atoms. The van der Waals surface area contributed by atoms with Crippen molar-refractivity contribution in [2.24, 2.45) is 0 Å². The molecule has 5 rings (SSSR count). The Morgan fingerprint density at radius 3 is 2.58 bits per heavy atom. The molecule has 0 radical (unpaired) electrons. The molecule has 2 aromatic heterocycles. The van der Waals surface area contributed by atoms with Gasteiger partial charge in [0.15, 0.2) is 0 Å². The third-order valence-corrected chi connectivity index (χ3v) is 7.07. The lowest BCUT2D eigenvalue weighted by molar-refractivity contribution is 0.283. The van der Waals surface area contributed by atoms with Crippen LogP contribution in [0.5, 0.6) is 0 Å². The first-order valence-corrected chi connectivity index (χ1v) is 10.4. The molecule has 128 valence electrons. The molecule has 3 aliphatic rings. The summed E-state index contributed by atoms with van der Waals surface area (Å²) in [6.45, 7) is 0.901. The van der Waals surface area contributed by atoms with Gasteiger partial charge in [-0.1, -0.05) is 0 Å². The maximum atomic E-state index is 9.64. The Labute approximate surface area is 146 Å². The van der Waals surface area contributed by atoms with Crippen LogP contribution in [0.2, 0.25) is 0 Å². The quantitative estimate of drug-likeness (QED) is 0.897. The number of anilines is 1. The zero-order valence-electron chi connectivity index (χ0n) is 14.1. The van der Waals surface area contributed by atoms with E-state index in [1.807, 2.05) is 11.3 Å². The van der Waals surface area contributed by atoms with E-state index < -0.39 is 0 Å². The molecule has 5 heteroatoms. The molecule has 2 fully saturated rings. The highest BCUT2D eigenvalue weighted by atomic mass is 32.1. The summed E-state index contributed by atoms with van der Waals surface area (Å²) >= 11 is 1.91. The van der Waals surface area contributed by atoms with E-state index in [0.29, 0.717) is 18.5 Å². The second kappa shape index (κ2) is 5.95. The lowest BCUT2D eigenvalue weighted by Crippen LogP contribution is -2.42. The van der Waals surface area contributed by atoms with Crippen LogP contribution in [0.15, 0.2) is 0 Å². The fraction of sp³-hybridized carbons (Fsp3) is 0.684. The number of hydrogen-bond acceptors (Lipinski definition) is 5. The van der Waals surface area contributed by atoms with Gasteiger partial charge in [0.2, 0.25) is 0 Å². The second-order valence-electron chi connectivity index (χ2n) is 7.57. The molecule has 0 aromatic carbocycles. The molecule has 1 N–H and O–H groups in total. The highest BCUT2D eigenvalue weighted by molar-refractivity contribution is 7.19. The fourth-order valence-corrected chi connectivity index (χ4v) is 5.42. The Morgan fingerprint density at radius 2 is 1.88 bits per heavy atom. The topological polar surface area (TPSA) is 49.2 Å². The number of hydrogen-bond donors (Lipinski definition) is 1. The number of thiophene rings is 1. The average Bonchev–Trinajstić information content (AvgIpc) is 3.32. The Morgan fingerprint density at radius 1 is 1.04 bits per heavy atom. The number of nitrogens with zero attached hydrogens (tertiary/aromatic N) is 3. The first kappa shape index (κ1) is 15.1. The van der Waals surface area contributed by atoms with Crippen molar-refractivity contribution in [3.63, 3.8) is 0 Å². The Bertz CT molecular complexity index is 764. The molecular weight excluding hydrogens is 318 g/mol. The Hall–Kier alpha value is -1.20. The summed E-state index contributed by atoms with van der Waals surface area (Å²) in [7, 11) is 0. The summed E-state index contributed by atoms with van der Waals surface area (Å²) in [5, 5.41) is 11.0. The molecule has 24 heavy (non-hydrogen) atoms. The van der Waals surface area contributed by atoms with Crippen LogP contribution in [0.3, 0.4) is 0 Å². The average molecular weight is 343 g/mol. The molecule has 0 spiro atoms. The van der Waals surface area contributed by atoms with Crippen LogP contribution in [-0.2, 0) is 12.8 Å². The second-order valence-corrected chi connectivity index (χ2v) is 8.66. The van der Waals surface area contributed by atoms with Gasteiger partial charge in [0.25, 0.3) is 0 Å². The SMILES string of the molecule is OCCN(c1nc(C2CC2)nc2sc3c(c12)CCCC3)C1CCC1. The summed E-state index contributed by atoms with van der Waals surface area (Å²) in [6.07, 6.45) is 11.2. The van der Waals surface area contributed by atoms with Crippen molar-refractivity contribution in [2.75, 3.05) is 18.1 Å². The normalized spacial score (nSPS) is 20.9. The van der Waals surface area contributed by atoms with Crippen LogP contribution < -0.4 is 4.90 Å². The van der Waals surface area contributed by atoms with E-state index >= 15 is 0 Å². The number of fused-ring (bicyclic) bond motifs is 3. The standard InChI is InChI=1S/C19H25N3OS/c23-11-10-22(13-4-3-5-13)18-16-14-6-1-2-7-15(14)24-19(16)21-17(20-18)12-8-9-12/h12-13,23H,1-11H2. The minimum absolute atomic E-state index is 0.201. The van der Waals surface area contributed by atoms with E-state index in [1.165, 1.54) is 78.4 Å². The van der Waals surface area contributed by atoms with Gasteiger partial charge in [-0.2, -0.15) is 0 Å². The van der Waals surface area contributed by atoms with E-state index in [2.05, 4.69) is 4.90 Å². The van der Waals surface area contributed by atoms with Gasteiger partial charge >= 0.3 is 0 Å². The summed E-state index contributed by atoms with van der Waals surface area (Å²) in [4.78, 5) is 15.2. The smallest absolute Gasteiger partial charge is 0.141 e. The van der Waals surface area contributed by atoms with Crippen molar-refractivity contribution in [1.82, 2.24) is 9.97 Å². The van der Waals surface area contributed by atoms with Crippen molar-refractivity contribution >= 4 is 27.4 Å². The zero-order chi connectivity index (χ0) is 16.1. The minimum atomic E-state index is 0.201. The minimum Gasteiger partial charge on any atom is -0.395 e. The number of rotatable bonds is 5. The predicted octanol–water partition coefficient (Wildman–Crippen LogP) is 3.80. The van der Waals surface area contributed by atoms with E-state index in [-0.39, 0.29) is 6.61 Å². The van der Waals surface area contributed by atoms with Crippen LogP contribution in [0.4, 0.5) is 5.82 Å². The Balaban J connectivity index is 1.69. The first-order chi connectivity index (χ1) is 11.8. The Kier molecular flexibility index (Phi) is 3.74. The molecule has 0 atom stereocenters. The van der Waals surface area contributed by atoms with Gasteiger partial charge in [0, 0.05) is 23.4 Å². The molecule has 2 saturated carbocycles. The summed E-state index contributed by atoms with van der Waals surface area (Å²) in [5.41, 5.74) is 1.51. The van der Waals surface area contributed by atoms with E-state index in [0.717, 1.165) is 11.6 Å². The summed E-state index contributed by atoms with van der Waals surface area (Å²) in [5.74, 6) is 2.77. The highest BCUT2D eigenvalue weighted by Crippen LogP contribution is 2.45. The highest BCUT2D eigenvalue weighted by Gasteiger charge is 2.33. The maximum Gasteiger partial charge on any atom is 0.141 e. The third-order valence-electron chi connectivity index (χ3n) is 5.88. The number of aromatic nitrogens is 2. The lowest BCUT2D eigenvalue weighted by atomic mass is 9.90. The molecule has 0 saturated heterocycles. The van der Waals surface area contributed by atoms with Crippen LogP contribution in [-0.4, -0.2) is 34.3 Å². The van der Waals surface area contributed by atoms with Gasteiger partial charge in [-0.25, -0.2) is 9.97 Å². The van der Waals surface area contributed by atoms with Crippen molar-refractivity contribution in [3.8, 4) is 0 Å². The largest absolute Gasteiger partial charge is 0.395 e. The predicted molar refractivity (Wildman–Crippen MR) is 98.1 cm³/mol. The van der Waals surface area contributed by atoms with Crippen LogP contribution in [0, 0.1) is 0 Å². The van der Waals surface area contributed by atoms with Gasteiger partial charge in [-0.15, -0.1) is 11.3 Å². The van der Waals surface area contributed by atoms with Crippen LogP contribution in [0.25, 0.3) is 10.2 Å². The van der Waals surface area contributed by atoms with E-state index in [9.17, 15) is 5.11 Å².